The van der Waals surface area contributed by atoms with E-state index in [0.29, 0.717) is 38.5 Å². The first-order valence-electron chi connectivity index (χ1n) is 13.5. The second-order valence-electron chi connectivity index (χ2n) is 9.62. The first-order valence-corrected chi connectivity index (χ1v) is 13.5. The molecule has 0 aliphatic carbocycles. The molecule has 4 aromatic carbocycles. The maximum absolute atomic E-state index is 13.0. The van der Waals surface area contributed by atoms with Crippen molar-refractivity contribution in [3.8, 4) is 11.5 Å². The molecule has 7 heteroatoms. The summed E-state index contributed by atoms with van der Waals surface area (Å²) in [5, 5.41) is 16.6. The molecule has 3 N–H and O–H groups in total. The van der Waals surface area contributed by atoms with Crippen molar-refractivity contribution in [2.75, 3.05) is 31.6 Å². The molecular weight excluding hydrogens is 502 g/mol. The van der Waals surface area contributed by atoms with Crippen LogP contribution in [0, 0.1) is 6.92 Å². The summed E-state index contributed by atoms with van der Waals surface area (Å²) in [6.07, 6.45) is -0.696. The molecule has 0 heterocycles. The van der Waals surface area contributed by atoms with Gasteiger partial charge in [0, 0.05) is 31.9 Å². The van der Waals surface area contributed by atoms with Crippen LogP contribution >= 0.6 is 0 Å². The number of amides is 2. The molecular formula is C33H37N3O4. The van der Waals surface area contributed by atoms with E-state index in [-0.39, 0.29) is 12.6 Å². The van der Waals surface area contributed by atoms with E-state index in [2.05, 4.69) is 10.6 Å². The fourth-order valence-corrected chi connectivity index (χ4v) is 4.00. The molecule has 1 atom stereocenters. The molecule has 0 aromatic heterocycles. The smallest absolute Gasteiger partial charge is 0.322 e. The average molecular weight is 540 g/mol. The maximum Gasteiger partial charge on any atom is 0.322 e. The molecule has 0 saturated heterocycles. The molecule has 0 aliphatic heterocycles. The number of carbonyl (C=O) groups excluding carboxylic acids is 1. The number of benzene rings is 4. The minimum Gasteiger partial charge on any atom is -0.491 e. The molecule has 4 rings (SSSR count). The van der Waals surface area contributed by atoms with Gasteiger partial charge in [0.2, 0.25) is 0 Å². The predicted molar refractivity (Wildman–Crippen MR) is 159 cm³/mol. The van der Waals surface area contributed by atoms with Crippen LogP contribution in [0.3, 0.4) is 0 Å². The third-order valence-electron chi connectivity index (χ3n) is 6.26. The van der Waals surface area contributed by atoms with Crippen LogP contribution in [0.15, 0.2) is 109 Å². The lowest BCUT2D eigenvalue weighted by atomic mass is 10.2. The molecule has 0 aliphatic rings. The number of aryl methyl sites for hydroxylation is 1. The molecule has 7 nitrogen and oxygen atoms in total. The SMILES string of the molecule is Cc1ccc(NC(=O)N(CCNCC(O)COc2ccc(OCc3ccccc3)cc2)Cc2ccccc2)cc1. The summed E-state index contributed by atoms with van der Waals surface area (Å²) in [4.78, 5) is 14.8. The highest BCUT2D eigenvalue weighted by atomic mass is 16.5. The van der Waals surface area contributed by atoms with Gasteiger partial charge < -0.3 is 30.1 Å². The molecule has 0 spiro atoms. The molecule has 0 radical (unpaired) electrons. The Hall–Kier alpha value is -4.33. The van der Waals surface area contributed by atoms with Gasteiger partial charge >= 0.3 is 6.03 Å². The third kappa shape index (κ3) is 9.76. The van der Waals surface area contributed by atoms with Gasteiger partial charge in [0.05, 0.1) is 0 Å². The first kappa shape index (κ1) is 28.7. The van der Waals surface area contributed by atoms with Gasteiger partial charge in [0.1, 0.15) is 30.8 Å². The molecule has 1 unspecified atom stereocenters. The van der Waals surface area contributed by atoms with E-state index in [1.165, 1.54) is 0 Å². The van der Waals surface area contributed by atoms with Crippen LogP contribution in [0.4, 0.5) is 10.5 Å². The van der Waals surface area contributed by atoms with Crippen molar-refractivity contribution < 1.29 is 19.4 Å². The van der Waals surface area contributed by atoms with Gasteiger partial charge in [-0.1, -0.05) is 78.4 Å². The summed E-state index contributed by atoms with van der Waals surface area (Å²) in [6.45, 7) is 4.50. The fourth-order valence-electron chi connectivity index (χ4n) is 4.00. The van der Waals surface area contributed by atoms with Gasteiger partial charge in [-0.15, -0.1) is 0 Å². The summed E-state index contributed by atoms with van der Waals surface area (Å²) in [6, 6.07) is 34.8. The van der Waals surface area contributed by atoms with Gasteiger partial charge in [0.15, 0.2) is 0 Å². The van der Waals surface area contributed by atoms with Gasteiger partial charge in [-0.05, 0) is 54.4 Å². The Morgan fingerprint density at radius 3 is 2.05 bits per heavy atom. The molecule has 0 bridgehead atoms. The molecule has 2 amide bonds. The van der Waals surface area contributed by atoms with Gasteiger partial charge in [-0.2, -0.15) is 0 Å². The number of aliphatic hydroxyl groups excluding tert-OH is 1. The highest BCUT2D eigenvalue weighted by Gasteiger charge is 2.15. The van der Waals surface area contributed by atoms with Crippen molar-refractivity contribution in [1.82, 2.24) is 10.2 Å². The number of hydrogen-bond donors (Lipinski definition) is 3. The molecule has 40 heavy (non-hydrogen) atoms. The summed E-state index contributed by atoms with van der Waals surface area (Å²) < 4.78 is 11.5. The lowest BCUT2D eigenvalue weighted by Gasteiger charge is -2.24. The minimum absolute atomic E-state index is 0.152. The minimum atomic E-state index is -0.696. The zero-order valence-electron chi connectivity index (χ0n) is 22.8. The van der Waals surface area contributed by atoms with Crippen LogP contribution in [0.2, 0.25) is 0 Å². The Morgan fingerprint density at radius 2 is 1.40 bits per heavy atom. The van der Waals surface area contributed by atoms with Crippen LogP contribution in [-0.4, -0.2) is 48.4 Å². The lowest BCUT2D eigenvalue weighted by molar-refractivity contribution is 0.106. The van der Waals surface area contributed by atoms with E-state index in [1.807, 2.05) is 116 Å². The zero-order valence-corrected chi connectivity index (χ0v) is 22.8. The topological polar surface area (TPSA) is 83.1 Å². The lowest BCUT2D eigenvalue weighted by Crippen LogP contribution is -2.41. The quantitative estimate of drug-likeness (QED) is 0.181. The van der Waals surface area contributed by atoms with E-state index in [9.17, 15) is 9.90 Å². The number of hydrogen-bond acceptors (Lipinski definition) is 5. The van der Waals surface area contributed by atoms with E-state index < -0.39 is 6.10 Å². The maximum atomic E-state index is 13.0. The Kier molecular flexibility index (Phi) is 11.0. The number of aliphatic hydroxyl groups is 1. The van der Waals surface area contributed by atoms with Gasteiger partial charge in [0.25, 0.3) is 0 Å². The van der Waals surface area contributed by atoms with Gasteiger partial charge in [-0.3, -0.25) is 0 Å². The van der Waals surface area contributed by atoms with Crippen LogP contribution in [0.5, 0.6) is 11.5 Å². The molecule has 4 aromatic rings. The Bertz CT molecular complexity index is 1280. The van der Waals surface area contributed by atoms with Crippen molar-refractivity contribution >= 4 is 11.7 Å². The standard InChI is InChI=1S/C33H37N3O4/c1-26-12-14-29(15-13-26)35-33(38)36(23-27-8-4-2-5-9-27)21-20-34-22-30(37)25-40-32-18-16-31(17-19-32)39-24-28-10-6-3-7-11-28/h2-19,30,34,37H,20-25H2,1H3,(H,35,38). The van der Waals surface area contributed by atoms with E-state index in [4.69, 9.17) is 9.47 Å². The number of anilines is 1. The van der Waals surface area contributed by atoms with Crippen molar-refractivity contribution in [3.63, 3.8) is 0 Å². The predicted octanol–water partition coefficient (Wildman–Crippen LogP) is 5.64. The van der Waals surface area contributed by atoms with E-state index in [1.54, 1.807) is 4.90 Å². The Labute approximate surface area is 236 Å². The zero-order chi connectivity index (χ0) is 28.0. The second kappa shape index (κ2) is 15.3. The van der Waals surface area contributed by atoms with Crippen molar-refractivity contribution in [2.45, 2.75) is 26.2 Å². The van der Waals surface area contributed by atoms with Crippen LogP contribution in [0.1, 0.15) is 16.7 Å². The first-order chi connectivity index (χ1) is 19.5. The average Bonchev–Trinajstić information content (AvgIpc) is 2.99. The van der Waals surface area contributed by atoms with Crippen molar-refractivity contribution in [2.24, 2.45) is 0 Å². The third-order valence-corrected chi connectivity index (χ3v) is 6.26. The molecule has 208 valence electrons. The number of carbonyl (C=O) groups is 1. The van der Waals surface area contributed by atoms with E-state index >= 15 is 0 Å². The van der Waals surface area contributed by atoms with Crippen molar-refractivity contribution in [1.29, 1.82) is 0 Å². The molecule has 0 saturated carbocycles. The number of nitrogens with one attached hydrogen (secondary N) is 2. The largest absolute Gasteiger partial charge is 0.491 e. The normalized spacial score (nSPS) is 11.4. The summed E-state index contributed by atoms with van der Waals surface area (Å²) in [5.41, 5.74) is 4.04. The van der Waals surface area contributed by atoms with Crippen LogP contribution in [0.25, 0.3) is 0 Å². The summed E-state index contributed by atoms with van der Waals surface area (Å²) >= 11 is 0. The Balaban J connectivity index is 1.18. The highest BCUT2D eigenvalue weighted by molar-refractivity contribution is 5.89. The highest BCUT2D eigenvalue weighted by Crippen LogP contribution is 2.19. The Morgan fingerprint density at radius 1 is 0.800 bits per heavy atom. The number of urea groups is 1. The number of ether oxygens (including phenoxy) is 2. The number of nitrogens with zero attached hydrogens (tertiary/aromatic N) is 1. The summed E-state index contributed by atoms with van der Waals surface area (Å²) in [7, 11) is 0. The van der Waals surface area contributed by atoms with Crippen LogP contribution < -0.4 is 20.1 Å². The monoisotopic (exact) mass is 539 g/mol. The summed E-state index contributed by atoms with van der Waals surface area (Å²) in [5.74, 6) is 1.41. The van der Waals surface area contributed by atoms with Gasteiger partial charge in [-0.25, -0.2) is 4.79 Å². The van der Waals surface area contributed by atoms with Crippen molar-refractivity contribution in [3.05, 3.63) is 126 Å². The van der Waals surface area contributed by atoms with Crippen LogP contribution in [-0.2, 0) is 13.2 Å². The van der Waals surface area contributed by atoms with E-state index in [0.717, 1.165) is 28.1 Å². The second-order valence-corrected chi connectivity index (χ2v) is 9.62. The molecule has 0 fully saturated rings. The number of rotatable bonds is 14. The fraction of sp³-hybridized carbons (Fsp3) is 0.242.